The van der Waals surface area contributed by atoms with Crippen molar-refractivity contribution >= 4 is 5.91 Å². The van der Waals surface area contributed by atoms with E-state index in [0.717, 1.165) is 12.8 Å². The molecule has 1 aliphatic rings. The van der Waals surface area contributed by atoms with Crippen molar-refractivity contribution in [2.75, 3.05) is 33.8 Å². The lowest BCUT2D eigenvalue weighted by molar-refractivity contribution is -0.139. The number of likely N-dealkylation sites (tertiary alicyclic amines) is 1. The van der Waals surface area contributed by atoms with E-state index in [2.05, 4.69) is 0 Å². The van der Waals surface area contributed by atoms with E-state index in [4.69, 9.17) is 4.74 Å². The standard InChI is InChI=1S/C17H25FN2O2/c1-4-22-15-8-10-20(11-9-15)17(21)16(19(2)3)13-6-5-7-14(18)12-13/h5-7,12,15-16H,4,8-11H2,1-3H3/t16-/m1/s1. The van der Waals surface area contributed by atoms with Crippen LogP contribution in [0.15, 0.2) is 24.3 Å². The maximum atomic E-state index is 13.5. The van der Waals surface area contributed by atoms with Gasteiger partial charge >= 0.3 is 0 Å². The average molecular weight is 308 g/mol. The highest BCUT2D eigenvalue weighted by atomic mass is 19.1. The second-order valence-corrected chi connectivity index (χ2v) is 5.90. The smallest absolute Gasteiger partial charge is 0.244 e. The molecule has 4 nitrogen and oxygen atoms in total. The maximum absolute atomic E-state index is 13.5. The highest BCUT2D eigenvalue weighted by molar-refractivity contribution is 5.83. The van der Waals surface area contributed by atoms with E-state index in [1.54, 1.807) is 12.1 Å². The van der Waals surface area contributed by atoms with Crippen molar-refractivity contribution < 1.29 is 13.9 Å². The van der Waals surface area contributed by atoms with Gasteiger partial charge in [0.25, 0.3) is 0 Å². The third-order valence-electron chi connectivity index (χ3n) is 4.07. The van der Waals surface area contributed by atoms with Gasteiger partial charge in [-0.1, -0.05) is 12.1 Å². The summed E-state index contributed by atoms with van der Waals surface area (Å²) < 4.78 is 19.1. The lowest BCUT2D eigenvalue weighted by Crippen LogP contribution is -2.45. The van der Waals surface area contributed by atoms with Crippen LogP contribution in [0.1, 0.15) is 31.4 Å². The number of piperidine rings is 1. The summed E-state index contributed by atoms with van der Waals surface area (Å²) in [5.74, 6) is -0.280. The third-order valence-corrected chi connectivity index (χ3v) is 4.07. The van der Waals surface area contributed by atoms with E-state index < -0.39 is 6.04 Å². The summed E-state index contributed by atoms with van der Waals surface area (Å²) in [6, 6.07) is 5.84. The van der Waals surface area contributed by atoms with E-state index in [1.807, 2.05) is 30.8 Å². The largest absolute Gasteiger partial charge is 0.378 e. The molecular formula is C17H25FN2O2. The number of hydrogen-bond donors (Lipinski definition) is 0. The zero-order valence-corrected chi connectivity index (χ0v) is 13.6. The molecule has 0 bridgehead atoms. The van der Waals surface area contributed by atoms with Gasteiger partial charge in [-0.05, 0) is 51.6 Å². The maximum Gasteiger partial charge on any atom is 0.244 e. The quantitative estimate of drug-likeness (QED) is 0.837. The molecule has 0 aromatic heterocycles. The molecule has 122 valence electrons. The van der Waals surface area contributed by atoms with Gasteiger partial charge in [0.15, 0.2) is 0 Å². The molecule has 0 saturated carbocycles. The van der Waals surface area contributed by atoms with Crippen molar-refractivity contribution in [2.45, 2.75) is 31.9 Å². The predicted octanol–water partition coefficient (Wildman–Crippen LogP) is 2.46. The number of rotatable bonds is 5. The van der Waals surface area contributed by atoms with Gasteiger partial charge < -0.3 is 9.64 Å². The lowest BCUT2D eigenvalue weighted by Gasteiger charge is -2.35. The van der Waals surface area contributed by atoms with Gasteiger partial charge in [0.05, 0.1) is 6.10 Å². The molecule has 5 heteroatoms. The Balaban J connectivity index is 2.08. The Hall–Kier alpha value is -1.46. The van der Waals surface area contributed by atoms with Gasteiger partial charge in [0.1, 0.15) is 11.9 Å². The fraction of sp³-hybridized carbons (Fsp3) is 0.588. The van der Waals surface area contributed by atoms with Crippen molar-refractivity contribution in [3.63, 3.8) is 0 Å². The van der Waals surface area contributed by atoms with Crippen LogP contribution >= 0.6 is 0 Å². The summed E-state index contributed by atoms with van der Waals surface area (Å²) in [5.41, 5.74) is 0.696. The van der Waals surface area contributed by atoms with Crippen molar-refractivity contribution in [1.29, 1.82) is 0 Å². The molecule has 0 unspecified atom stereocenters. The predicted molar refractivity (Wildman–Crippen MR) is 84.1 cm³/mol. The van der Waals surface area contributed by atoms with Crippen molar-refractivity contribution in [1.82, 2.24) is 9.80 Å². The molecule has 1 aliphatic heterocycles. The normalized spacial score (nSPS) is 17.8. The molecule has 1 atom stereocenters. The highest BCUT2D eigenvalue weighted by Gasteiger charge is 2.30. The first-order valence-corrected chi connectivity index (χ1v) is 7.85. The van der Waals surface area contributed by atoms with Gasteiger partial charge in [-0.25, -0.2) is 4.39 Å². The molecule has 0 spiro atoms. The molecule has 2 rings (SSSR count). The fourth-order valence-corrected chi connectivity index (χ4v) is 2.99. The zero-order valence-electron chi connectivity index (χ0n) is 13.6. The number of nitrogens with zero attached hydrogens (tertiary/aromatic N) is 2. The molecule has 0 radical (unpaired) electrons. The molecule has 1 fully saturated rings. The number of carbonyl (C=O) groups excluding carboxylic acids is 1. The van der Waals surface area contributed by atoms with E-state index in [-0.39, 0.29) is 17.8 Å². The van der Waals surface area contributed by atoms with E-state index in [9.17, 15) is 9.18 Å². The summed E-state index contributed by atoms with van der Waals surface area (Å²) in [6.45, 7) is 4.10. The van der Waals surface area contributed by atoms with Crippen LogP contribution in [0.5, 0.6) is 0 Å². The second-order valence-electron chi connectivity index (χ2n) is 5.90. The molecule has 1 amide bonds. The van der Waals surface area contributed by atoms with Crippen LogP contribution in [-0.4, -0.2) is 55.6 Å². The SMILES string of the molecule is CCOC1CCN(C(=O)[C@@H](c2cccc(F)c2)N(C)C)CC1. The van der Waals surface area contributed by atoms with Crippen molar-refractivity contribution in [2.24, 2.45) is 0 Å². The number of amides is 1. The monoisotopic (exact) mass is 308 g/mol. The number of carbonyl (C=O) groups is 1. The first-order valence-electron chi connectivity index (χ1n) is 7.85. The lowest BCUT2D eigenvalue weighted by atomic mass is 10.0. The van der Waals surface area contributed by atoms with Gasteiger partial charge in [-0.2, -0.15) is 0 Å². The number of likely N-dealkylation sites (N-methyl/N-ethyl adjacent to an activating group) is 1. The molecule has 1 heterocycles. The molecule has 0 aliphatic carbocycles. The number of ether oxygens (including phenoxy) is 1. The molecular weight excluding hydrogens is 283 g/mol. The Bertz CT molecular complexity index is 499. The van der Waals surface area contributed by atoms with E-state index >= 15 is 0 Å². The number of hydrogen-bond acceptors (Lipinski definition) is 3. The Morgan fingerprint density at radius 3 is 2.64 bits per heavy atom. The summed E-state index contributed by atoms with van der Waals surface area (Å²) >= 11 is 0. The minimum atomic E-state index is -0.445. The average Bonchev–Trinajstić information content (AvgIpc) is 2.48. The van der Waals surface area contributed by atoms with Crippen LogP contribution in [0.3, 0.4) is 0 Å². The van der Waals surface area contributed by atoms with Gasteiger partial charge in [0, 0.05) is 19.7 Å². The molecule has 1 aromatic carbocycles. The fourth-order valence-electron chi connectivity index (χ4n) is 2.99. The molecule has 1 aromatic rings. The number of benzene rings is 1. The highest BCUT2D eigenvalue weighted by Crippen LogP contribution is 2.24. The molecule has 22 heavy (non-hydrogen) atoms. The Labute approximate surface area is 131 Å². The Morgan fingerprint density at radius 2 is 2.09 bits per heavy atom. The first-order chi connectivity index (χ1) is 10.5. The topological polar surface area (TPSA) is 32.8 Å². The van der Waals surface area contributed by atoms with Crippen LogP contribution in [0.2, 0.25) is 0 Å². The van der Waals surface area contributed by atoms with Crippen LogP contribution in [-0.2, 0) is 9.53 Å². The van der Waals surface area contributed by atoms with Gasteiger partial charge in [-0.3, -0.25) is 9.69 Å². The van der Waals surface area contributed by atoms with E-state index in [1.165, 1.54) is 12.1 Å². The van der Waals surface area contributed by atoms with Crippen LogP contribution < -0.4 is 0 Å². The number of halogens is 1. The van der Waals surface area contributed by atoms with Crippen LogP contribution in [0.4, 0.5) is 4.39 Å². The summed E-state index contributed by atoms with van der Waals surface area (Å²) in [5, 5.41) is 0. The summed E-state index contributed by atoms with van der Waals surface area (Å²) in [7, 11) is 3.70. The zero-order chi connectivity index (χ0) is 16.1. The van der Waals surface area contributed by atoms with Crippen LogP contribution in [0.25, 0.3) is 0 Å². The Morgan fingerprint density at radius 1 is 1.41 bits per heavy atom. The van der Waals surface area contributed by atoms with Crippen molar-refractivity contribution in [3.05, 3.63) is 35.6 Å². The minimum absolute atomic E-state index is 0.0329. The second kappa shape index (κ2) is 7.70. The van der Waals surface area contributed by atoms with E-state index in [0.29, 0.717) is 25.3 Å². The van der Waals surface area contributed by atoms with Gasteiger partial charge in [0.2, 0.25) is 5.91 Å². The molecule has 1 saturated heterocycles. The minimum Gasteiger partial charge on any atom is -0.378 e. The van der Waals surface area contributed by atoms with Crippen molar-refractivity contribution in [3.8, 4) is 0 Å². The molecule has 0 N–H and O–H groups in total. The van der Waals surface area contributed by atoms with Gasteiger partial charge in [-0.15, -0.1) is 0 Å². The van der Waals surface area contributed by atoms with Crippen LogP contribution in [0, 0.1) is 5.82 Å². The summed E-state index contributed by atoms with van der Waals surface area (Å²) in [4.78, 5) is 16.5. The Kier molecular flexibility index (Phi) is 5.91. The first kappa shape index (κ1) is 16.9. The summed E-state index contributed by atoms with van der Waals surface area (Å²) in [6.07, 6.45) is 1.98. The third kappa shape index (κ3) is 4.05.